The Morgan fingerprint density at radius 2 is 1.61 bits per heavy atom. The smallest absolute Gasteiger partial charge is 0.258 e. The van der Waals surface area contributed by atoms with Gasteiger partial charge in [0, 0.05) is 32.0 Å². The molecule has 2 aromatic heterocycles. The second-order valence-electron chi connectivity index (χ2n) is 7.79. The molecule has 5 heteroatoms. The molecule has 4 rings (SSSR count). The number of nitrogens with zero attached hydrogens (tertiary/aromatic N) is 3. The van der Waals surface area contributed by atoms with Crippen molar-refractivity contribution >= 4 is 5.65 Å². The number of rotatable bonds is 8. The second kappa shape index (κ2) is 9.69. The SMILES string of the molecule is Cc1ccc2nc(CN(CCCO)C(c3ccccc3)c3ccccc3)cc(=O)n2c1. The van der Waals surface area contributed by atoms with Gasteiger partial charge in [-0.3, -0.25) is 14.1 Å². The van der Waals surface area contributed by atoms with Crippen LogP contribution in [0.25, 0.3) is 5.65 Å². The Balaban J connectivity index is 1.75. The third-order valence-electron chi connectivity index (χ3n) is 5.42. The van der Waals surface area contributed by atoms with E-state index in [-0.39, 0.29) is 18.2 Å². The average Bonchev–Trinajstić information content (AvgIpc) is 2.79. The topological polar surface area (TPSA) is 57.8 Å². The zero-order chi connectivity index (χ0) is 21.6. The van der Waals surface area contributed by atoms with Gasteiger partial charge in [0.15, 0.2) is 0 Å². The van der Waals surface area contributed by atoms with E-state index in [1.54, 1.807) is 10.5 Å². The predicted octanol–water partition coefficient (Wildman–Crippen LogP) is 3.98. The van der Waals surface area contributed by atoms with Crippen molar-refractivity contribution in [2.45, 2.75) is 25.9 Å². The van der Waals surface area contributed by atoms with Crippen LogP contribution in [0.15, 0.2) is 89.9 Å². The molecule has 0 amide bonds. The van der Waals surface area contributed by atoms with Crippen LogP contribution in [-0.4, -0.2) is 32.5 Å². The summed E-state index contributed by atoms with van der Waals surface area (Å²) in [4.78, 5) is 19.8. The standard InChI is InChI=1S/C26H27N3O2/c1-20-13-14-24-27-23(17-25(31)29(24)18-20)19-28(15-8-16-30)26(21-9-4-2-5-10-21)22-11-6-3-7-12-22/h2-7,9-14,17-18,26,30H,8,15-16,19H2,1H3. The van der Waals surface area contributed by atoms with E-state index in [0.29, 0.717) is 25.2 Å². The first-order valence-corrected chi connectivity index (χ1v) is 10.6. The fraction of sp³-hybridized carbons (Fsp3) is 0.231. The van der Waals surface area contributed by atoms with Crippen molar-refractivity contribution in [2.75, 3.05) is 13.2 Å². The molecule has 4 aromatic rings. The molecule has 0 aliphatic heterocycles. The van der Waals surface area contributed by atoms with Crippen LogP contribution >= 0.6 is 0 Å². The summed E-state index contributed by atoms with van der Waals surface area (Å²) in [5.74, 6) is 0. The molecule has 2 heterocycles. The number of benzene rings is 2. The lowest BCUT2D eigenvalue weighted by atomic mass is 9.96. The van der Waals surface area contributed by atoms with E-state index >= 15 is 0 Å². The average molecular weight is 414 g/mol. The van der Waals surface area contributed by atoms with Gasteiger partial charge in [-0.15, -0.1) is 0 Å². The van der Waals surface area contributed by atoms with Crippen LogP contribution in [-0.2, 0) is 6.54 Å². The molecule has 0 saturated heterocycles. The highest BCUT2D eigenvalue weighted by molar-refractivity contribution is 5.40. The van der Waals surface area contributed by atoms with E-state index in [4.69, 9.17) is 4.98 Å². The highest BCUT2D eigenvalue weighted by Gasteiger charge is 2.23. The van der Waals surface area contributed by atoms with Crippen LogP contribution in [0.4, 0.5) is 0 Å². The Labute approximate surface area is 182 Å². The Morgan fingerprint density at radius 3 is 2.23 bits per heavy atom. The molecule has 0 saturated carbocycles. The molecule has 31 heavy (non-hydrogen) atoms. The van der Waals surface area contributed by atoms with Crippen LogP contribution in [0.1, 0.15) is 34.8 Å². The van der Waals surface area contributed by atoms with Gasteiger partial charge in [-0.1, -0.05) is 66.7 Å². The van der Waals surface area contributed by atoms with Gasteiger partial charge in [0.05, 0.1) is 11.7 Å². The zero-order valence-corrected chi connectivity index (χ0v) is 17.7. The summed E-state index contributed by atoms with van der Waals surface area (Å²) in [7, 11) is 0. The summed E-state index contributed by atoms with van der Waals surface area (Å²) in [6, 6.07) is 26.1. The summed E-state index contributed by atoms with van der Waals surface area (Å²) in [6.07, 6.45) is 2.46. The number of fused-ring (bicyclic) bond motifs is 1. The van der Waals surface area contributed by atoms with Crippen molar-refractivity contribution in [2.24, 2.45) is 0 Å². The summed E-state index contributed by atoms with van der Waals surface area (Å²) < 4.78 is 1.59. The fourth-order valence-electron chi connectivity index (χ4n) is 4.01. The molecule has 0 unspecified atom stereocenters. The van der Waals surface area contributed by atoms with Crippen molar-refractivity contribution in [3.05, 3.63) is 118 Å². The van der Waals surface area contributed by atoms with Gasteiger partial charge < -0.3 is 5.11 Å². The van der Waals surface area contributed by atoms with Gasteiger partial charge in [0.2, 0.25) is 0 Å². The van der Waals surface area contributed by atoms with Gasteiger partial charge in [-0.05, 0) is 36.1 Å². The summed E-state index contributed by atoms with van der Waals surface area (Å²) >= 11 is 0. The molecule has 0 fully saturated rings. The van der Waals surface area contributed by atoms with Gasteiger partial charge >= 0.3 is 0 Å². The van der Waals surface area contributed by atoms with Gasteiger partial charge in [-0.25, -0.2) is 4.98 Å². The Morgan fingerprint density at radius 1 is 0.968 bits per heavy atom. The lowest BCUT2D eigenvalue weighted by molar-refractivity contribution is 0.185. The Kier molecular flexibility index (Phi) is 6.55. The van der Waals surface area contributed by atoms with E-state index in [1.807, 2.05) is 61.7 Å². The first-order valence-electron chi connectivity index (χ1n) is 10.6. The number of aliphatic hydroxyl groups is 1. The van der Waals surface area contributed by atoms with E-state index in [1.165, 1.54) is 11.1 Å². The number of hydrogen-bond donors (Lipinski definition) is 1. The molecular formula is C26H27N3O2. The van der Waals surface area contributed by atoms with E-state index in [2.05, 4.69) is 29.2 Å². The van der Waals surface area contributed by atoms with Crippen LogP contribution < -0.4 is 5.56 Å². The van der Waals surface area contributed by atoms with Gasteiger partial charge in [-0.2, -0.15) is 0 Å². The second-order valence-corrected chi connectivity index (χ2v) is 7.79. The number of aliphatic hydroxyl groups excluding tert-OH is 1. The minimum Gasteiger partial charge on any atom is -0.396 e. The van der Waals surface area contributed by atoms with Gasteiger partial charge in [0.1, 0.15) is 5.65 Å². The third-order valence-corrected chi connectivity index (χ3v) is 5.42. The first kappa shape index (κ1) is 21.0. The normalized spacial score (nSPS) is 11.5. The van der Waals surface area contributed by atoms with Crippen molar-refractivity contribution in [3.63, 3.8) is 0 Å². The largest absolute Gasteiger partial charge is 0.396 e. The molecule has 0 spiro atoms. The van der Waals surface area contributed by atoms with E-state index in [9.17, 15) is 9.90 Å². The van der Waals surface area contributed by atoms with Gasteiger partial charge in [0.25, 0.3) is 5.56 Å². The molecule has 5 nitrogen and oxygen atoms in total. The Bertz CT molecular complexity index is 1150. The lowest BCUT2D eigenvalue weighted by Gasteiger charge is -2.32. The Hall–Kier alpha value is -3.28. The summed E-state index contributed by atoms with van der Waals surface area (Å²) in [6.45, 7) is 3.26. The first-order chi connectivity index (χ1) is 15.2. The molecule has 0 atom stereocenters. The molecular weight excluding hydrogens is 386 g/mol. The highest BCUT2D eigenvalue weighted by atomic mass is 16.3. The maximum absolute atomic E-state index is 12.7. The number of aryl methyl sites for hydroxylation is 1. The van der Waals surface area contributed by atoms with Crippen molar-refractivity contribution in [3.8, 4) is 0 Å². The minimum atomic E-state index is -0.0817. The summed E-state index contributed by atoms with van der Waals surface area (Å²) in [5, 5.41) is 9.52. The molecule has 0 aliphatic rings. The number of pyridine rings is 1. The van der Waals surface area contributed by atoms with E-state index < -0.39 is 0 Å². The molecule has 158 valence electrons. The quantitative estimate of drug-likeness (QED) is 0.475. The van der Waals surface area contributed by atoms with Crippen molar-refractivity contribution in [1.29, 1.82) is 0 Å². The predicted molar refractivity (Wildman–Crippen MR) is 123 cm³/mol. The molecule has 0 bridgehead atoms. The monoisotopic (exact) mass is 413 g/mol. The molecule has 1 N–H and O–H groups in total. The van der Waals surface area contributed by atoms with E-state index in [0.717, 1.165) is 11.3 Å². The maximum Gasteiger partial charge on any atom is 0.258 e. The molecule has 0 radical (unpaired) electrons. The highest BCUT2D eigenvalue weighted by Crippen LogP contribution is 2.30. The molecule has 0 aliphatic carbocycles. The number of aromatic nitrogens is 2. The fourth-order valence-corrected chi connectivity index (χ4v) is 4.01. The maximum atomic E-state index is 12.7. The minimum absolute atomic E-state index is 0.00720. The van der Waals surface area contributed by atoms with Crippen LogP contribution in [0, 0.1) is 6.92 Å². The molecule has 2 aromatic carbocycles. The van der Waals surface area contributed by atoms with Crippen LogP contribution in [0.2, 0.25) is 0 Å². The third kappa shape index (κ3) is 4.90. The lowest BCUT2D eigenvalue weighted by Crippen LogP contribution is -2.32. The summed E-state index contributed by atoms with van der Waals surface area (Å²) in [5.41, 5.74) is 4.64. The number of hydrogen-bond acceptors (Lipinski definition) is 4. The zero-order valence-electron chi connectivity index (χ0n) is 17.7. The van der Waals surface area contributed by atoms with Crippen molar-refractivity contribution < 1.29 is 5.11 Å². The van der Waals surface area contributed by atoms with Crippen LogP contribution in [0.3, 0.4) is 0 Å². The van der Waals surface area contributed by atoms with Crippen molar-refractivity contribution in [1.82, 2.24) is 14.3 Å². The van der Waals surface area contributed by atoms with Crippen LogP contribution in [0.5, 0.6) is 0 Å².